The number of alkyl halides is 3. The first-order valence-corrected chi connectivity index (χ1v) is 9.29. The zero-order chi connectivity index (χ0) is 24.5. The summed E-state index contributed by atoms with van der Waals surface area (Å²) < 4.78 is 59.3. The molecule has 2 aromatic heterocycles. The summed E-state index contributed by atoms with van der Waals surface area (Å²) >= 11 is 0. The minimum absolute atomic E-state index is 0.190. The summed E-state index contributed by atoms with van der Waals surface area (Å²) in [4.78, 5) is 16.4. The lowest BCUT2D eigenvalue weighted by molar-refractivity contribution is -0.274. The molecule has 0 bridgehead atoms. The summed E-state index contributed by atoms with van der Waals surface area (Å²) in [6.45, 7) is -1.94. The van der Waals surface area contributed by atoms with E-state index >= 15 is 0 Å². The number of nitrogen functional groups attached to an aromatic ring is 1. The van der Waals surface area contributed by atoms with Gasteiger partial charge in [0.25, 0.3) is 0 Å². The maximum absolute atomic E-state index is 12.5. The highest BCUT2D eigenvalue weighted by Gasteiger charge is 2.30. The van der Waals surface area contributed by atoms with Crippen LogP contribution >= 0.6 is 0 Å². The second-order valence-electron chi connectivity index (χ2n) is 6.66. The zero-order valence-corrected chi connectivity index (χ0v) is 16.4. The van der Waals surface area contributed by atoms with Gasteiger partial charge in [0.2, 0.25) is 0 Å². The number of fused-ring (bicyclic) bond motifs is 1. The van der Waals surface area contributed by atoms with Crippen molar-refractivity contribution < 1.29 is 25.4 Å². The maximum Gasteiger partial charge on any atom is 0.573 e. The third-order valence-corrected chi connectivity index (χ3v) is 4.36. The quantitative estimate of drug-likeness (QED) is 0.395. The van der Waals surface area contributed by atoms with E-state index in [0.717, 1.165) is 12.1 Å². The second kappa shape index (κ2) is 8.50. The molecule has 2 aromatic carbocycles. The van der Waals surface area contributed by atoms with E-state index in [2.05, 4.69) is 20.4 Å². The molecule has 4 aromatic rings. The van der Waals surface area contributed by atoms with Crippen LogP contribution < -0.4 is 21.1 Å². The Morgan fingerprint density at radius 1 is 1.12 bits per heavy atom. The summed E-state index contributed by atoms with van der Waals surface area (Å²) in [7, 11) is 0. The van der Waals surface area contributed by atoms with E-state index in [-0.39, 0.29) is 11.5 Å². The largest absolute Gasteiger partial charge is 0.573 e. The van der Waals surface area contributed by atoms with Gasteiger partial charge in [0.1, 0.15) is 11.6 Å². The first-order chi connectivity index (χ1) is 16.0. The van der Waals surface area contributed by atoms with E-state index in [0.29, 0.717) is 22.2 Å². The molecule has 0 aliphatic rings. The molecule has 0 radical (unpaired) electrons. The molecule has 0 unspecified atom stereocenters. The molecule has 2 heterocycles. The fourth-order valence-corrected chi connectivity index (χ4v) is 3.06. The maximum atomic E-state index is 12.5. The van der Waals surface area contributed by atoms with Crippen LogP contribution in [0.25, 0.3) is 10.9 Å². The number of hydrogen-bond acceptors (Lipinski definition) is 4. The fraction of sp³-hybridized carbons (Fsp3) is 0.0909. The van der Waals surface area contributed by atoms with Crippen molar-refractivity contribution in [2.45, 2.75) is 12.9 Å². The Morgan fingerprint density at radius 2 is 1.91 bits per heavy atom. The van der Waals surface area contributed by atoms with Crippen LogP contribution in [0, 0.1) is 0 Å². The summed E-state index contributed by atoms with van der Waals surface area (Å²) in [5.41, 5.74) is 7.20. The third kappa shape index (κ3) is 5.09. The molecule has 2 amide bonds. The smallest absolute Gasteiger partial charge is 0.406 e. The van der Waals surface area contributed by atoms with Crippen molar-refractivity contribution in [3.8, 4) is 5.75 Å². The molecule has 4 N–H and O–H groups in total. The number of nitrogens with two attached hydrogens (primary N) is 1. The van der Waals surface area contributed by atoms with Crippen LogP contribution in [0.4, 0.5) is 35.2 Å². The Labute approximate surface area is 183 Å². The van der Waals surface area contributed by atoms with Crippen molar-refractivity contribution in [3.05, 3.63) is 78.6 Å². The number of amides is 2. The Balaban J connectivity index is 1.53. The van der Waals surface area contributed by atoms with Gasteiger partial charge < -0.3 is 25.7 Å². The van der Waals surface area contributed by atoms with E-state index in [1.807, 2.05) is 0 Å². The highest BCUT2D eigenvalue weighted by Crippen LogP contribution is 2.27. The van der Waals surface area contributed by atoms with Gasteiger partial charge in [-0.05, 0) is 60.2 Å². The average Bonchev–Trinajstić information content (AvgIpc) is 3.20. The number of nitrogens with zero attached hydrogens (tertiary/aromatic N) is 2. The van der Waals surface area contributed by atoms with E-state index in [1.165, 1.54) is 35.0 Å². The van der Waals surface area contributed by atoms with Crippen LogP contribution in [0.5, 0.6) is 5.75 Å². The predicted octanol–water partition coefficient (Wildman–Crippen LogP) is 5.21. The number of anilines is 3. The van der Waals surface area contributed by atoms with E-state index in [4.69, 9.17) is 8.48 Å². The van der Waals surface area contributed by atoms with Gasteiger partial charge in [0.05, 0.1) is 13.9 Å². The van der Waals surface area contributed by atoms with Crippen molar-refractivity contribution in [1.29, 1.82) is 0 Å². The number of hydrogen-bond donors (Lipinski definition) is 3. The standard InChI is InChI=1S/C22H18F3N5O2/c23-22(24,25)32-16-6-4-15(5-7-16)28-21(31)29-18-2-1-3-19-17(18)9-11-30(19)13-14-8-10-27-20(26)12-14/h1-12H,13H2,(H2,26,27)(H2,28,29,31)/i13D2. The minimum atomic E-state index is -4.80. The highest BCUT2D eigenvalue weighted by molar-refractivity contribution is 6.05. The number of aromatic nitrogens is 2. The fourth-order valence-electron chi connectivity index (χ4n) is 3.06. The molecule has 0 saturated heterocycles. The van der Waals surface area contributed by atoms with Gasteiger partial charge in [-0.2, -0.15) is 0 Å². The molecule has 7 nitrogen and oxygen atoms in total. The van der Waals surface area contributed by atoms with Crippen LogP contribution in [-0.2, 0) is 6.50 Å². The molecule has 0 fully saturated rings. The number of rotatable bonds is 5. The molecule has 0 atom stereocenters. The molecule has 4 rings (SSSR count). The first-order valence-electron chi connectivity index (χ1n) is 10.3. The Bertz CT molecular complexity index is 1340. The van der Waals surface area contributed by atoms with Crippen molar-refractivity contribution in [3.63, 3.8) is 0 Å². The Morgan fingerprint density at radius 3 is 2.62 bits per heavy atom. The monoisotopic (exact) mass is 443 g/mol. The molecular formula is C22H18F3N5O2. The summed E-state index contributed by atoms with van der Waals surface area (Å²) in [5.74, 6) is -0.218. The van der Waals surface area contributed by atoms with Crippen molar-refractivity contribution in [2.75, 3.05) is 16.4 Å². The second-order valence-corrected chi connectivity index (χ2v) is 6.66. The molecule has 0 saturated carbocycles. The lowest BCUT2D eigenvalue weighted by atomic mass is 10.2. The number of halogens is 3. The van der Waals surface area contributed by atoms with Crippen LogP contribution in [0.2, 0.25) is 0 Å². The Hall–Kier alpha value is -4.21. The van der Waals surface area contributed by atoms with Crippen molar-refractivity contribution in [2.24, 2.45) is 0 Å². The molecule has 0 aliphatic carbocycles. The number of nitrogens with one attached hydrogen (secondary N) is 2. The van der Waals surface area contributed by atoms with Crippen LogP contribution in [-0.4, -0.2) is 21.9 Å². The average molecular weight is 443 g/mol. The number of ether oxygens (including phenoxy) is 1. The Kier molecular flexibility index (Phi) is 4.93. The van der Waals surface area contributed by atoms with Gasteiger partial charge in [0, 0.05) is 30.0 Å². The van der Waals surface area contributed by atoms with E-state index in [1.54, 1.807) is 30.5 Å². The number of carbonyl (C=O) groups excluding carboxylic acids is 1. The molecule has 164 valence electrons. The number of pyridine rings is 1. The lowest BCUT2D eigenvalue weighted by Gasteiger charge is -2.11. The number of benzene rings is 2. The molecule has 0 aliphatic heterocycles. The lowest BCUT2D eigenvalue weighted by Crippen LogP contribution is -2.20. The van der Waals surface area contributed by atoms with Gasteiger partial charge in [0.15, 0.2) is 0 Å². The number of carbonyl (C=O) groups is 1. The summed E-state index contributed by atoms with van der Waals surface area (Å²) in [6, 6.07) is 13.7. The van der Waals surface area contributed by atoms with Crippen LogP contribution in [0.3, 0.4) is 0 Å². The SMILES string of the molecule is [2H]C([2H])(c1ccnc(N)c1)n1ccc2c(NC(=O)Nc3ccc(OC(F)(F)F)cc3)cccc21. The van der Waals surface area contributed by atoms with E-state index in [9.17, 15) is 18.0 Å². The van der Waals surface area contributed by atoms with Gasteiger partial charge >= 0.3 is 12.4 Å². The molecule has 0 spiro atoms. The van der Waals surface area contributed by atoms with Gasteiger partial charge in [-0.25, -0.2) is 9.78 Å². The van der Waals surface area contributed by atoms with Crippen molar-refractivity contribution >= 4 is 34.1 Å². The predicted molar refractivity (Wildman–Crippen MR) is 115 cm³/mol. The van der Waals surface area contributed by atoms with E-state index < -0.39 is 24.6 Å². The normalized spacial score (nSPS) is 12.7. The third-order valence-electron chi connectivity index (χ3n) is 4.36. The summed E-state index contributed by atoms with van der Waals surface area (Å²) in [6.07, 6.45) is -1.82. The molecule has 32 heavy (non-hydrogen) atoms. The minimum Gasteiger partial charge on any atom is -0.406 e. The number of urea groups is 1. The van der Waals surface area contributed by atoms with Gasteiger partial charge in [-0.15, -0.1) is 13.2 Å². The first kappa shape index (κ1) is 18.6. The highest BCUT2D eigenvalue weighted by atomic mass is 19.4. The zero-order valence-electron chi connectivity index (χ0n) is 18.4. The van der Waals surface area contributed by atoms with Crippen LogP contribution in [0.1, 0.15) is 8.30 Å². The molecule has 10 heteroatoms. The van der Waals surface area contributed by atoms with Crippen LogP contribution in [0.15, 0.2) is 73.1 Å². The molecular weight excluding hydrogens is 423 g/mol. The van der Waals surface area contributed by atoms with Gasteiger partial charge in [-0.3, -0.25) is 0 Å². The topological polar surface area (TPSA) is 94.2 Å². The van der Waals surface area contributed by atoms with Gasteiger partial charge in [-0.1, -0.05) is 6.07 Å². The van der Waals surface area contributed by atoms with Crippen molar-refractivity contribution in [1.82, 2.24) is 9.55 Å². The summed E-state index contributed by atoms with van der Waals surface area (Å²) in [5, 5.41) is 5.78.